The van der Waals surface area contributed by atoms with E-state index in [9.17, 15) is 0 Å². The molecule has 0 radical (unpaired) electrons. The van der Waals surface area contributed by atoms with Crippen molar-refractivity contribution in [3.05, 3.63) is 70.3 Å². The minimum atomic E-state index is 0.459. The molecular formula is C20H17ClN4O. The van der Waals surface area contributed by atoms with Crippen LogP contribution in [0, 0.1) is 13.8 Å². The average Bonchev–Trinajstić information content (AvgIpc) is 2.93. The van der Waals surface area contributed by atoms with Crippen molar-refractivity contribution in [2.24, 2.45) is 0 Å². The Bertz CT molecular complexity index is 1100. The fourth-order valence-corrected chi connectivity index (χ4v) is 3.37. The van der Waals surface area contributed by atoms with Crippen LogP contribution in [0.5, 0.6) is 0 Å². The highest BCUT2D eigenvalue weighted by Gasteiger charge is 2.14. The summed E-state index contributed by atoms with van der Waals surface area (Å²) in [6, 6.07) is 13.6. The Kier molecular flexibility index (Phi) is 4.09. The molecule has 0 saturated heterocycles. The van der Waals surface area contributed by atoms with Gasteiger partial charge in [-0.15, -0.1) is 0 Å². The maximum Gasteiger partial charge on any atom is 0.141 e. The van der Waals surface area contributed by atoms with Gasteiger partial charge in [-0.05, 0) is 49.2 Å². The number of nitrogens with zero attached hydrogens (tertiary/aromatic N) is 3. The van der Waals surface area contributed by atoms with Gasteiger partial charge in [-0.1, -0.05) is 35.0 Å². The van der Waals surface area contributed by atoms with Crippen LogP contribution in [-0.2, 0) is 6.42 Å². The number of anilines is 1. The smallest absolute Gasteiger partial charge is 0.141 e. The number of aryl methyl sites for hydroxylation is 2. The normalized spacial score (nSPS) is 11.2. The molecule has 2 aromatic heterocycles. The van der Waals surface area contributed by atoms with Gasteiger partial charge in [-0.3, -0.25) is 0 Å². The number of aromatic nitrogens is 3. The molecule has 0 aliphatic heterocycles. The van der Waals surface area contributed by atoms with Gasteiger partial charge in [0, 0.05) is 22.4 Å². The minimum Gasteiger partial charge on any atom is -0.383 e. The Labute approximate surface area is 155 Å². The maximum absolute atomic E-state index is 6.22. The van der Waals surface area contributed by atoms with E-state index in [1.54, 1.807) is 0 Å². The monoisotopic (exact) mass is 364 g/mol. The summed E-state index contributed by atoms with van der Waals surface area (Å²) < 4.78 is 5.26. The number of nitrogens with two attached hydrogens (primary N) is 1. The van der Waals surface area contributed by atoms with Gasteiger partial charge in [0.2, 0.25) is 0 Å². The SMILES string of the molecule is Cc1noc(C)c1-c1ccc2nc(Cc3cccc(Cl)c3)nc(N)c2c1. The van der Waals surface area contributed by atoms with E-state index in [2.05, 4.69) is 15.1 Å². The first-order valence-corrected chi connectivity index (χ1v) is 8.63. The second-order valence-electron chi connectivity index (χ2n) is 6.26. The zero-order valence-electron chi connectivity index (χ0n) is 14.5. The number of benzene rings is 2. The lowest BCUT2D eigenvalue weighted by Crippen LogP contribution is -2.02. The van der Waals surface area contributed by atoms with Crippen molar-refractivity contribution in [1.29, 1.82) is 0 Å². The van der Waals surface area contributed by atoms with E-state index >= 15 is 0 Å². The maximum atomic E-state index is 6.22. The summed E-state index contributed by atoms with van der Waals surface area (Å²) in [5.74, 6) is 1.90. The van der Waals surface area contributed by atoms with Crippen LogP contribution >= 0.6 is 11.6 Å². The van der Waals surface area contributed by atoms with Crippen LogP contribution in [0.3, 0.4) is 0 Å². The van der Waals surface area contributed by atoms with Gasteiger partial charge in [0.1, 0.15) is 17.4 Å². The molecule has 2 aromatic carbocycles. The molecule has 0 fully saturated rings. The van der Waals surface area contributed by atoms with Gasteiger partial charge in [0.15, 0.2) is 0 Å². The van der Waals surface area contributed by atoms with Crippen LogP contribution in [0.25, 0.3) is 22.0 Å². The molecule has 0 saturated carbocycles. The van der Waals surface area contributed by atoms with Crippen molar-refractivity contribution in [2.75, 3.05) is 5.73 Å². The molecule has 4 aromatic rings. The number of nitrogen functional groups attached to an aromatic ring is 1. The lowest BCUT2D eigenvalue weighted by atomic mass is 10.0. The lowest BCUT2D eigenvalue weighted by molar-refractivity contribution is 0.393. The third-order valence-electron chi connectivity index (χ3n) is 4.34. The minimum absolute atomic E-state index is 0.459. The molecule has 0 aliphatic carbocycles. The van der Waals surface area contributed by atoms with E-state index < -0.39 is 0 Å². The molecule has 0 amide bonds. The average molecular weight is 365 g/mol. The molecule has 0 bridgehead atoms. The van der Waals surface area contributed by atoms with Crippen molar-refractivity contribution in [3.8, 4) is 11.1 Å². The summed E-state index contributed by atoms with van der Waals surface area (Å²) in [4.78, 5) is 9.13. The standard InChI is InChI=1S/C20H17ClN4O/c1-11-19(12(2)26-25-11)14-6-7-17-16(10-14)20(22)24-18(23-17)9-13-4-3-5-15(21)8-13/h3-8,10H,9H2,1-2H3,(H2,22,23,24). The van der Waals surface area contributed by atoms with E-state index in [0.717, 1.165) is 39.0 Å². The largest absolute Gasteiger partial charge is 0.383 e. The Hall–Kier alpha value is -2.92. The zero-order chi connectivity index (χ0) is 18.3. The van der Waals surface area contributed by atoms with Crippen LogP contribution in [0.2, 0.25) is 5.02 Å². The second-order valence-corrected chi connectivity index (χ2v) is 6.70. The number of fused-ring (bicyclic) bond motifs is 1. The fourth-order valence-electron chi connectivity index (χ4n) is 3.16. The predicted octanol–water partition coefficient (Wildman–Crippen LogP) is 4.73. The summed E-state index contributed by atoms with van der Waals surface area (Å²) in [5, 5.41) is 5.53. The second kappa shape index (κ2) is 6.42. The van der Waals surface area contributed by atoms with Crippen molar-refractivity contribution in [1.82, 2.24) is 15.1 Å². The molecule has 130 valence electrons. The predicted molar refractivity (Wildman–Crippen MR) is 103 cm³/mol. The molecule has 2 heterocycles. The van der Waals surface area contributed by atoms with Crippen molar-refractivity contribution in [3.63, 3.8) is 0 Å². The summed E-state index contributed by atoms with van der Waals surface area (Å²) in [7, 11) is 0. The highest BCUT2D eigenvalue weighted by Crippen LogP contribution is 2.30. The van der Waals surface area contributed by atoms with Crippen LogP contribution < -0.4 is 5.73 Å². The summed E-state index contributed by atoms with van der Waals surface area (Å²) in [6.45, 7) is 3.82. The van der Waals surface area contributed by atoms with Crippen LogP contribution in [-0.4, -0.2) is 15.1 Å². The highest BCUT2D eigenvalue weighted by molar-refractivity contribution is 6.30. The first-order chi connectivity index (χ1) is 12.5. The number of rotatable bonds is 3. The van der Waals surface area contributed by atoms with Gasteiger partial charge in [-0.2, -0.15) is 0 Å². The quantitative estimate of drug-likeness (QED) is 0.568. The van der Waals surface area contributed by atoms with Crippen molar-refractivity contribution >= 4 is 28.3 Å². The van der Waals surface area contributed by atoms with Gasteiger partial charge in [0.05, 0.1) is 11.2 Å². The van der Waals surface area contributed by atoms with Crippen LogP contribution in [0.1, 0.15) is 22.8 Å². The molecule has 26 heavy (non-hydrogen) atoms. The fraction of sp³-hybridized carbons (Fsp3) is 0.150. The van der Waals surface area contributed by atoms with Crippen molar-refractivity contribution < 1.29 is 4.52 Å². The van der Waals surface area contributed by atoms with Gasteiger partial charge >= 0.3 is 0 Å². The first kappa shape index (κ1) is 16.5. The molecule has 2 N–H and O–H groups in total. The van der Waals surface area contributed by atoms with E-state index in [0.29, 0.717) is 23.1 Å². The molecule has 6 heteroatoms. The molecule has 5 nitrogen and oxygen atoms in total. The topological polar surface area (TPSA) is 77.8 Å². The summed E-state index contributed by atoms with van der Waals surface area (Å²) in [6.07, 6.45) is 0.576. The lowest BCUT2D eigenvalue weighted by Gasteiger charge is -2.08. The van der Waals surface area contributed by atoms with E-state index in [-0.39, 0.29) is 0 Å². The number of hydrogen-bond donors (Lipinski definition) is 1. The molecule has 0 atom stereocenters. The third-order valence-corrected chi connectivity index (χ3v) is 4.58. The van der Waals surface area contributed by atoms with Crippen LogP contribution in [0.4, 0.5) is 5.82 Å². The van der Waals surface area contributed by atoms with Gasteiger partial charge in [-0.25, -0.2) is 9.97 Å². The van der Waals surface area contributed by atoms with E-state index in [1.165, 1.54) is 0 Å². The first-order valence-electron chi connectivity index (χ1n) is 8.25. The number of hydrogen-bond acceptors (Lipinski definition) is 5. The third kappa shape index (κ3) is 3.02. The molecule has 0 aliphatic rings. The molecule has 0 spiro atoms. The van der Waals surface area contributed by atoms with Gasteiger partial charge < -0.3 is 10.3 Å². The Morgan fingerprint density at radius 1 is 1.08 bits per heavy atom. The summed E-state index contributed by atoms with van der Waals surface area (Å²) >= 11 is 6.05. The summed E-state index contributed by atoms with van der Waals surface area (Å²) in [5.41, 5.74) is 10.9. The Balaban J connectivity index is 1.76. The Morgan fingerprint density at radius 3 is 2.65 bits per heavy atom. The molecule has 0 unspecified atom stereocenters. The Morgan fingerprint density at radius 2 is 1.92 bits per heavy atom. The van der Waals surface area contributed by atoms with Crippen LogP contribution in [0.15, 0.2) is 47.0 Å². The van der Waals surface area contributed by atoms with Crippen molar-refractivity contribution in [2.45, 2.75) is 20.3 Å². The molecule has 4 rings (SSSR count). The number of halogens is 1. The molecular weight excluding hydrogens is 348 g/mol. The van der Waals surface area contributed by atoms with E-state index in [1.807, 2.05) is 56.3 Å². The zero-order valence-corrected chi connectivity index (χ0v) is 15.2. The van der Waals surface area contributed by atoms with Gasteiger partial charge in [0.25, 0.3) is 0 Å². The van der Waals surface area contributed by atoms with E-state index in [4.69, 9.17) is 21.9 Å². The highest BCUT2D eigenvalue weighted by atomic mass is 35.5.